The van der Waals surface area contributed by atoms with E-state index in [9.17, 15) is 13.6 Å². The van der Waals surface area contributed by atoms with Crippen LogP contribution in [-0.2, 0) is 26.0 Å². The smallest absolute Gasteiger partial charge is 0.496 e. The summed E-state index contributed by atoms with van der Waals surface area (Å²) in [6.45, 7) is 1.76. The van der Waals surface area contributed by atoms with E-state index < -0.39 is 12.1 Å². The number of ether oxygens (including phenoxy) is 3. The maximum Gasteiger partial charge on any atom is 2.00 e. The van der Waals surface area contributed by atoms with Crippen LogP contribution in [0.15, 0.2) is 24.5 Å². The molecule has 0 radical (unpaired) electrons. The van der Waals surface area contributed by atoms with Crippen LogP contribution in [0.4, 0.5) is 8.78 Å². The molecule has 2 fully saturated rings. The van der Waals surface area contributed by atoms with Crippen molar-refractivity contribution in [2.75, 3.05) is 26.9 Å². The molecule has 0 aromatic carbocycles. The predicted molar refractivity (Wildman–Crippen MR) is 127 cm³/mol. The third kappa shape index (κ3) is 8.25. The van der Waals surface area contributed by atoms with Gasteiger partial charge < -0.3 is 30.3 Å². The molecule has 196 valence electrons. The molecule has 3 aromatic rings. The standard InChI is InChI=1S/C18H17F2N2O4.C7H5N2S.Ni/c1-24-16-7-21-15(18(19)20)4-14(16)13-5-17(22-6-12(13)8-23)26-10-11-2-3-25-9-11;1-2-6(1)3-4-7-9-8-5-10-7;/h4-7,11,18H,2-3,9-10H2,1H3;6H,1-2H2;/q2*-1;+2/t11-;;/m1../s1. The van der Waals surface area contributed by atoms with Crippen LogP contribution in [0, 0.1) is 29.2 Å². The minimum Gasteiger partial charge on any atom is -0.496 e. The molecule has 1 atom stereocenters. The first-order valence-corrected chi connectivity index (χ1v) is 12.0. The van der Waals surface area contributed by atoms with Crippen LogP contribution in [0.25, 0.3) is 11.1 Å². The van der Waals surface area contributed by atoms with Gasteiger partial charge in [-0.1, -0.05) is 11.7 Å². The van der Waals surface area contributed by atoms with Crippen LogP contribution in [0.1, 0.15) is 42.0 Å². The molecule has 0 amide bonds. The topological polar surface area (TPSA) is 96.3 Å². The molecule has 1 aliphatic heterocycles. The van der Waals surface area contributed by atoms with Crippen molar-refractivity contribution in [1.82, 2.24) is 20.2 Å². The number of rotatable bonds is 7. The van der Waals surface area contributed by atoms with Crippen molar-refractivity contribution in [3.8, 4) is 34.6 Å². The maximum absolute atomic E-state index is 13.0. The van der Waals surface area contributed by atoms with Gasteiger partial charge in [-0.2, -0.15) is 0 Å². The molecule has 4 heterocycles. The monoisotopic (exact) mass is 570 g/mol. The molecule has 2 aliphatic rings. The van der Waals surface area contributed by atoms with Crippen LogP contribution in [0.5, 0.6) is 11.6 Å². The Hall–Kier alpha value is -3.00. The second kappa shape index (κ2) is 14.1. The van der Waals surface area contributed by atoms with Gasteiger partial charge >= 0.3 is 16.5 Å². The Morgan fingerprint density at radius 2 is 2.08 bits per heavy atom. The van der Waals surface area contributed by atoms with Crippen LogP contribution in [0.3, 0.4) is 0 Å². The van der Waals surface area contributed by atoms with E-state index in [4.69, 9.17) is 14.2 Å². The van der Waals surface area contributed by atoms with Gasteiger partial charge in [-0.15, -0.1) is 23.0 Å². The third-order valence-corrected chi connectivity index (χ3v) is 5.94. The SMILES string of the molecule is C(#CC1CC1)c1nn[c-]s1.COc1cnc(C(F)F)cc1-c1cc(OC[C@@H]2CCOC2)ncc1[C-]=O.[Ni+2]. The van der Waals surface area contributed by atoms with Gasteiger partial charge in [-0.25, -0.2) is 13.9 Å². The molecule has 12 heteroatoms. The first-order chi connectivity index (χ1) is 17.6. The summed E-state index contributed by atoms with van der Waals surface area (Å²) in [5.74, 6) is 7.50. The number of alkyl halides is 2. The Balaban J connectivity index is 0.000000288. The molecule has 8 nitrogen and oxygen atoms in total. The van der Waals surface area contributed by atoms with E-state index in [1.54, 1.807) is 6.29 Å². The summed E-state index contributed by atoms with van der Waals surface area (Å²) in [5.41, 5.74) is 2.99. The number of hydrogen-bond donors (Lipinski definition) is 0. The van der Waals surface area contributed by atoms with Crippen molar-refractivity contribution < 1.29 is 44.3 Å². The molecular weight excluding hydrogens is 549 g/mol. The van der Waals surface area contributed by atoms with Crippen LogP contribution in [0.2, 0.25) is 0 Å². The summed E-state index contributed by atoms with van der Waals surface area (Å²) >= 11 is 1.37. The number of aromatic nitrogens is 4. The Morgan fingerprint density at radius 3 is 2.70 bits per heavy atom. The molecule has 0 spiro atoms. The van der Waals surface area contributed by atoms with E-state index in [0.29, 0.717) is 36.9 Å². The first-order valence-electron chi connectivity index (χ1n) is 11.2. The largest absolute Gasteiger partial charge is 2.00 e. The fraction of sp³-hybridized carbons (Fsp3) is 0.400. The van der Waals surface area contributed by atoms with E-state index >= 15 is 0 Å². The summed E-state index contributed by atoms with van der Waals surface area (Å²) in [6.07, 6.45) is 4.94. The third-order valence-electron chi connectivity index (χ3n) is 5.39. The molecule has 0 bridgehead atoms. The molecule has 1 saturated carbocycles. The van der Waals surface area contributed by atoms with Crippen molar-refractivity contribution in [1.29, 1.82) is 0 Å². The predicted octanol–water partition coefficient (Wildman–Crippen LogP) is 4.06. The number of halogens is 2. The van der Waals surface area contributed by atoms with Crippen LogP contribution >= 0.6 is 11.3 Å². The summed E-state index contributed by atoms with van der Waals surface area (Å²) in [6, 6.07) is 2.71. The summed E-state index contributed by atoms with van der Waals surface area (Å²) < 4.78 is 42.2. The van der Waals surface area contributed by atoms with Crippen molar-refractivity contribution >= 4 is 17.6 Å². The van der Waals surface area contributed by atoms with E-state index in [2.05, 4.69) is 37.5 Å². The molecule has 3 aromatic heterocycles. The van der Waals surface area contributed by atoms with E-state index in [1.165, 1.54) is 55.8 Å². The molecule has 1 saturated heterocycles. The molecule has 37 heavy (non-hydrogen) atoms. The average Bonchev–Trinajstić information content (AvgIpc) is 3.33. The minimum absolute atomic E-state index is 0. The molecule has 5 rings (SSSR count). The number of carbonyl (C=O) groups excluding carboxylic acids is 1. The van der Waals surface area contributed by atoms with Crippen molar-refractivity contribution in [2.45, 2.75) is 25.7 Å². The van der Waals surface area contributed by atoms with Crippen molar-refractivity contribution in [3.63, 3.8) is 0 Å². The quantitative estimate of drug-likeness (QED) is 0.238. The Bertz CT molecular complexity index is 1230. The number of methoxy groups -OCH3 is 1. The van der Waals surface area contributed by atoms with Crippen molar-refractivity contribution in [3.05, 3.63) is 46.3 Å². The minimum atomic E-state index is -2.75. The van der Waals surface area contributed by atoms with E-state index in [-0.39, 0.29) is 39.6 Å². The Morgan fingerprint density at radius 1 is 1.24 bits per heavy atom. The molecule has 0 unspecified atom stereocenters. The van der Waals surface area contributed by atoms with Gasteiger partial charge in [-0.3, -0.25) is 15.1 Å². The normalized spacial score (nSPS) is 16.1. The number of nitrogens with zero attached hydrogens (tertiary/aromatic N) is 4. The summed E-state index contributed by atoms with van der Waals surface area (Å²) in [7, 11) is 1.39. The maximum atomic E-state index is 13.0. The zero-order chi connectivity index (χ0) is 25.3. The molecular formula is C25H22F2N4NiO4S. The van der Waals surface area contributed by atoms with Gasteiger partial charge in [0, 0.05) is 23.5 Å². The average molecular weight is 571 g/mol. The second-order valence-electron chi connectivity index (χ2n) is 8.06. The van der Waals surface area contributed by atoms with Crippen molar-refractivity contribution in [2.24, 2.45) is 11.8 Å². The summed E-state index contributed by atoms with van der Waals surface area (Å²) in [4.78, 5) is 19.0. The number of hydrogen-bond acceptors (Lipinski definition) is 9. The van der Waals surface area contributed by atoms with Gasteiger partial charge in [-0.05, 0) is 37.0 Å². The second-order valence-corrected chi connectivity index (χ2v) is 8.84. The first kappa shape index (κ1) is 28.6. The molecule has 0 N–H and O–H groups in total. The fourth-order valence-electron chi connectivity index (χ4n) is 3.28. The Labute approximate surface area is 227 Å². The summed E-state index contributed by atoms with van der Waals surface area (Å²) in [5, 5.41) is 8.10. The number of pyridine rings is 2. The van der Waals surface area contributed by atoms with Gasteiger partial charge in [0.05, 0.1) is 32.8 Å². The van der Waals surface area contributed by atoms with E-state index in [0.717, 1.165) is 11.4 Å². The van der Waals surface area contributed by atoms with Gasteiger partial charge in [0.2, 0.25) is 0 Å². The van der Waals surface area contributed by atoms with Gasteiger partial charge in [0.1, 0.15) is 11.4 Å². The fourth-order valence-corrected chi connectivity index (χ4v) is 3.64. The van der Waals surface area contributed by atoms with Crippen LogP contribution < -0.4 is 9.47 Å². The molecule has 1 aliphatic carbocycles. The van der Waals surface area contributed by atoms with Gasteiger partial charge in [0.15, 0.2) is 5.88 Å². The van der Waals surface area contributed by atoms with Crippen LogP contribution in [-0.4, -0.2) is 53.4 Å². The zero-order valence-electron chi connectivity index (χ0n) is 19.7. The van der Waals surface area contributed by atoms with E-state index in [1.807, 2.05) is 0 Å². The van der Waals surface area contributed by atoms with Gasteiger partial charge in [0.25, 0.3) is 6.43 Å². The Kier molecular flexibility index (Phi) is 10.9. The zero-order valence-corrected chi connectivity index (χ0v) is 21.5.